The fraction of sp³-hybridized carbons (Fsp3) is 0.654. The number of benzene rings is 1. The maximum atomic E-state index is 12.2. The van der Waals surface area contributed by atoms with Crippen molar-refractivity contribution in [3.05, 3.63) is 24.3 Å². The van der Waals surface area contributed by atoms with Crippen LogP contribution in [0.4, 0.5) is 5.69 Å². The topological polar surface area (TPSA) is 67.8 Å². The van der Waals surface area contributed by atoms with Crippen LogP contribution in [0.25, 0.3) is 0 Å². The first-order chi connectivity index (χ1) is 15.1. The molecule has 1 aromatic carbocycles. The van der Waals surface area contributed by atoms with Crippen molar-refractivity contribution in [2.75, 3.05) is 19.5 Å². The van der Waals surface area contributed by atoms with E-state index >= 15 is 0 Å². The summed E-state index contributed by atoms with van der Waals surface area (Å²) in [7, 11) is 3.01. The second-order valence-electron chi connectivity index (χ2n) is 8.11. The van der Waals surface area contributed by atoms with Crippen LogP contribution in [0.1, 0.15) is 96.8 Å². The predicted molar refractivity (Wildman–Crippen MR) is 129 cm³/mol. The molecular weight excluding hydrogens is 390 g/mol. The lowest BCUT2D eigenvalue weighted by molar-refractivity contribution is -0.116. The summed E-state index contributed by atoms with van der Waals surface area (Å²) < 4.78 is 10.3. The molecule has 1 aromatic rings. The maximum Gasteiger partial charge on any atom is 0.224 e. The number of ether oxygens (including phenoxy) is 2. The monoisotopic (exact) mass is 433 g/mol. The lowest BCUT2D eigenvalue weighted by Crippen LogP contribution is -2.12. The third-order valence-electron chi connectivity index (χ3n) is 5.44. The molecule has 1 amide bonds. The number of unbranched alkanes of at least 4 members (excludes halogenated alkanes) is 11. The summed E-state index contributed by atoms with van der Waals surface area (Å²) in [4.78, 5) is 12.2. The molecule has 0 saturated heterocycles. The van der Waals surface area contributed by atoms with Gasteiger partial charge in [-0.1, -0.05) is 70.4 Å². The molecule has 0 saturated carbocycles. The minimum absolute atomic E-state index is 0.0610. The van der Waals surface area contributed by atoms with Crippen LogP contribution in [0.3, 0.4) is 0 Å². The Kier molecular flexibility index (Phi) is 15.2. The third-order valence-corrected chi connectivity index (χ3v) is 5.44. The van der Waals surface area contributed by atoms with Gasteiger partial charge in [0, 0.05) is 18.6 Å². The highest BCUT2D eigenvalue weighted by atomic mass is 16.5. The lowest BCUT2D eigenvalue weighted by Gasteiger charge is -2.13. The van der Waals surface area contributed by atoms with Gasteiger partial charge in [0.2, 0.25) is 5.91 Å². The van der Waals surface area contributed by atoms with Gasteiger partial charge in [0.1, 0.15) is 22.9 Å². The maximum absolute atomic E-state index is 12.2. The van der Waals surface area contributed by atoms with Crippen LogP contribution in [0.2, 0.25) is 0 Å². The molecule has 2 N–H and O–H groups in total. The van der Waals surface area contributed by atoms with Gasteiger partial charge in [-0.05, 0) is 32.1 Å². The Morgan fingerprint density at radius 3 is 2.03 bits per heavy atom. The van der Waals surface area contributed by atoms with Crippen LogP contribution in [-0.2, 0) is 4.79 Å². The average Bonchev–Trinajstić information content (AvgIpc) is 2.77. The lowest BCUT2D eigenvalue weighted by atomic mass is 10.1. The normalized spacial score (nSPS) is 11.1. The molecule has 0 aromatic heterocycles. The highest BCUT2D eigenvalue weighted by Gasteiger charge is 2.14. The number of anilines is 1. The fourth-order valence-corrected chi connectivity index (χ4v) is 3.54. The number of hydrogen-bond acceptors (Lipinski definition) is 4. The first-order valence-corrected chi connectivity index (χ1v) is 12.0. The minimum Gasteiger partial charge on any atom is -0.505 e. The Morgan fingerprint density at radius 1 is 0.871 bits per heavy atom. The van der Waals surface area contributed by atoms with Gasteiger partial charge in [-0.25, -0.2) is 0 Å². The van der Waals surface area contributed by atoms with Crippen molar-refractivity contribution in [3.63, 3.8) is 0 Å². The number of rotatable bonds is 18. The predicted octanol–water partition coefficient (Wildman–Crippen LogP) is 7.39. The standard InChI is InChI=1S/C26H43NO4/c1-4-5-6-7-8-9-10-11-12-13-14-15-16-17-18-19-25(29)27-26-23(28)20-22(30-2)21-24(26)31-3/h11-12,20-21,28H,4-10,13-19H2,1-3H3,(H,27,29)/b12-11-. The molecule has 0 aliphatic rings. The first kappa shape index (κ1) is 26.9. The third kappa shape index (κ3) is 12.3. The number of carbonyl (C=O) groups excluding carboxylic acids is 1. The molecule has 0 heterocycles. The van der Waals surface area contributed by atoms with Crippen LogP contribution >= 0.6 is 0 Å². The van der Waals surface area contributed by atoms with Crippen LogP contribution in [0.15, 0.2) is 24.3 Å². The number of allylic oxidation sites excluding steroid dienone is 2. The molecule has 31 heavy (non-hydrogen) atoms. The van der Waals surface area contributed by atoms with Gasteiger partial charge in [0.15, 0.2) is 0 Å². The van der Waals surface area contributed by atoms with Gasteiger partial charge in [0.05, 0.1) is 14.2 Å². The molecule has 0 bridgehead atoms. The number of hydrogen-bond donors (Lipinski definition) is 2. The zero-order valence-electron chi connectivity index (χ0n) is 19.9. The highest BCUT2D eigenvalue weighted by molar-refractivity contribution is 5.94. The van der Waals surface area contributed by atoms with E-state index in [-0.39, 0.29) is 11.7 Å². The largest absolute Gasteiger partial charge is 0.505 e. The van der Waals surface area contributed by atoms with Crippen LogP contribution in [0, 0.1) is 0 Å². The smallest absolute Gasteiger partial charge is 0.224 e. The quantitative estimate of drug-likeness (QED) is 0.144. The zero-order valence-corrected chi connectivity index (χ0v) is 19.9. The molecule has 0 spiro atoms. The Morgan fingerprint density at radius 2 is 1.45 bits per heavy atom. The van der Waals surface area contributed by atoms with Gasteiger partial charge in [-0.15, -0.1) is 0 Å². The van der Waals surface area contributed by atoms with E-state index in [0.717, 1.165) is 25.7 Å². The summed E-state index contributed by atoms with van der Waals surface area (Å²) in [5, 5.41) is 12.9. The fourth-order valence-electron chi connectivity index (χ4n) is 3.54. The Hall–Kier alpha value is -2.17. The molecule has 1 rings (SSSR count). The van der Waals surface area contributed by atoms with E-state index in [1.54, 1.807) is 6.07 Å². The number of amides is 1. The van der Waals surface area contributed by atoms with Crippen molar-refractivity contribution in [2.45, 2.75) is 96.8 Å². The number of methoxy groups -OCH3 is 2. The van der Waals surface area contributed by atoms with Crippen molar-refractivity contribution >= 4 is 11.6 Å². The summed E-state index contributed by atoms with van der Waals surface area (Å²) in [6, 6.07) is 3.09. The Labute approximate surface area is 189 Å². The van der Waals surface area contributed by atoms with E-state index in [1.807, 2.05) is 0 Å². The molecule has 176 valence electrons. The molecule has 0 radical (unpaired) electrons. The van der Waals surface area contributed by atoms with E-state index in [2.05, 4.69) is 24.4 Å². The molecular formula is C26H43NO4. The van der Waals surface area contributed by atoms with Crippen LogP contribution < -0.4 is 14.8 Å². The van der Waals surface area contributed by atoms with Crippen molar-refractivity contribution < 1.29 is 19.4 Å². The van der Waals surface area contributed by atoms with Gasteiger partial charge in [-0.2, -0.15) is 0 Å². The van der Waals surface area contributed by atoms with Crippen molar-refractivity contribution in [3.8, 4) is 17.2 Å². The summed E-state index contributed by atoms with van der Waals surface area (Å²) >= 11 is 0. The molecule has 0 aliphatic heterocycles. The van der Waals surface area contributed by atoms with Gasteiger partial charge in [-0.3, -0.25) is 4.79 Å². The number of carbonyl (C=O) groups is 1. The number of phenolic OH excluding ortho intramolecular Hbond substituents is 1. The molecule has 5 heteroatoms. The Bertz CT molecular complexity index is 643. The van der Waals surface area contributed by atoms with E-state index in [1.165, 1.54) is 78.1 Å². The number of aromatic hydroxyl groups is 1. The van der Waals surface area contributed by atoms with E-state index in [0.29, 0.717) is 23.6 Å². The van der Waals surface area contributed by atoms with Crippen LogP contribution in [0.5, 0.6) is 17.2 Å². The number of phenols is 1. The minimum atomic E-state index is -0.114. The van der Waals surface area contributed by atoms with Crippen molar-refractivity contribution in [1.29, 1.82) is 0 Å². The molecule has 0 fully saturated rings. The number of nitrogens with one attached hydrogen (secondary N) is 1. The second kappa shape index (κ2) is 17.5. The van der Waals surface area contributed by atoms with E-state index < -0.39 is 0 Å². The second-order valence-corrected chi connectivity index (χ2v) is 8.11. The van der Waals surface area contributed by atoms with Crippen LogP contribution in [-0.4, -0.2) is 25.2 Å². The van der Waals surface area contributed by atoms with Gasteiger partial charge in [0.25, 0.3) is 0 Å². The summed E-state index contributed by atoms with van der Waals surface area (Å²) in [6.45, 7) is 2.26. The summed E-state index contributed by atoms with van der Waals surface area (Å²) in [6.07, 6.45) is 21.1. The van der Waals surface area contributed by atoms with E-state index in [9.17, 15) is 9.90 Å². The van der Waals surface area contributed by atoms with Crippen molar-refractivity contribution in [1.82, 2.24) is 0 Å². The summed E-state index contributed by atoms with van der Waals surface area (Å²) in [5.74, 6) is 0.685. The summed E-state index contributed by atoms with van der Waals surface area (Å²) in [5.41, 5.74) is 0.293. The van der Waals surface area contributed by atoms with Gasteiger partial charge >= 0.3 is 0 Å². The molecule has 0 unspecified atom stereocenters. The average molecular weight is 434 g/mol. The SMILES string of the molecule is CCCCCCCC/C=C\CCCCCCCC(=O)Nc1c(O)cc(OC)cc1OC. The highest BCUT2D eigenvalue weighted by Crippen LogP contribution is 2.38. The van der Waals surface area contributed by atoms with Crippen molar-refractivity contribution in [2.24, 2.45) is 0 Å². The van der Waals surface area contributed by atoms with E-state index in [4.69, 9.17) is 9.47 Å². The Balaban J connectivity index is 2.07. The molecule has 0 atom stereocenters. The molecule has 0 aliphatic carbocycles. The zero-order chi connectivity index (χ0) is 22.7. The van der Waals surface area contributed by atoms with Gasteiger partial charge < -0.3 is 19.9 Å². The first-order valence-electron chi connectivity index (χ1n) is 12.0. The molecule has 5 nitrogen and oxygen atoms in total.